The number of para-hydroxylation sites is 2. The van der Waals surface area contributed by atoms with Crippen molar-refractivity contribution in [3.63, 3.8) is 0 Å². The summed E-state index contributed by atoms with van der Waals surface area (Å²) in [6.45, 7) is 7.80. The fourth-order valence-corrected chi connectivity index (χ4v) is 2.56. The molecular formula is C17H21N2O+. The van der Waals surface area contributed by atoms with Crippen LogP contribution in [0.5, 0.6) is 0 Å². The van der Waals surface area contributed by atoms with E-state index in [0.29, 0.717) is 0 Å². The number of carbonyl (C=O) groups excluding carboxylic acids is 1. The Morgan fingerprint density at radius 1 is 1.20 bits per heavy atom. The van der Waals surface area contributed by atoms with E-state index >= 15 is 0 Å². The van der Waals surface area contributed by atoms with Gasteiger partial charge in [0.1, 0.15) is 18.3 Å². The Morgan fingerprint density at radius 3 is 2.55 bits per heavy atom. The Morgan fingerprint density at radius 2 is 1.85 bits per heavy atom. The second kappa shape index (κ2) is 5.53. The predicted octanol–water partition coefficient (Wildman–Crippen LogP) is 3.18. The number of benzene rings is 1. The quantitative estimate of drug-likeness (QED) is 0.688. The Labute approximate surface area is 120 Å². The highest BCUT2D eigenvalue weighted by molar-refractivity contribution is 6.05. The van der Waals surface area contributed by atoms with Crippen LogP contribution in [0.4, 0.5) is 0 Å². The molecule has 104 valence electrons. The molecule has 0 saturated carbocycles. The first kappa shape index (κ1) is 14.4. The summed E-state index contributed by atoms with van der Waals surface area (Å²) >= 11 is 0. The largest absolute Gasteiger partial charge is 0.294 e. The van der Waals surface area contributed by atoms with Gasteiger partial charge in [0.05, 0.1) is 5.92 Å². The third-order valence-corrected chi connectivity index (χ3v) is 3.65. The van der Waals surface area contributed by atoms with Crippen molar-refractivity contribution < 1.29 is 9.36 Å². The summed E-state index contributed by atoms with van der Waals surface area (Å²) in [5, 5.41) is 0. The van der Waals surface area contributed by atoms with E-state index in [1.54, 1.807) is 0 Å². The molecule has 0 radical (unpaired) electrons. The van der Waals surface area contributed by atoms with Crippen LogP contribution in [0, 0.1) is 0 Å². The molecular weight excluding hydrogens is 248 g/mol. The minimum Gasteiger partial charge on any atom is -0.294 e. The SMILES string of the molecule is CC.CC1=Cc2c(nc3ccccc3[n+]2C)C(C)C1=O. The third kappa shape index (κ3) is 2.13. The average Bonchev–Trinajstić information content (AvgIpc) is 2.49. The van der Waals surface area contributed by atoms with Crippen molar-refractivity contribution in [2.75, 3.05) is 0 Å². The molecule has 0 N–H and O–H groups in total. The number of ketones is 1. The van der Waals surface area contributed by atoms with Crippen LogP contribution in [-0.4, -0.2) is 10.8 Å². The van der Waals surface area contributed by atoms with Crippen molar-refractivity contribution in [1.82, 2.24) is 4.98 Å². The van der Waals surface area contributed by atoms with Gasteiger partial charge in [-0.25, -0.2) is 4.98 Å². The number of aromatic nitrogens is 2. The smallest absolute Gasteiger partial charge is 0.231 e. The number of carbonyl (C=O) groups is 1. The van der Waals surface area contributed by atoms with Gasteiger partial charge in [-0.2, -0.15) is 4.57 Å². The van der Waals surface area contributed by atoms with E-state index < -0.39 is 0 Å². The summed E-state index contributed by atoms with van der Waals surface area (Å²) < 4.78 is 2.12. The number of aryl methyl sites for hydroxylation is 1. The molecule has 0 amide bonds. The van der Waals surface area contributed by atoms with Crippen molar-refractivity contribution >= 4 is 22.9 Å². The van der Waals surface area contributed by atoms with E-state index in [1.807, 2.05) is 65.1 Å². The second-order valence-electron chi connectivity index (χ2n) is 4.84. The lowest BCUT2D eigenvalue weighted by molar-refractivity contribution is -0.647. The van der Waals surface area contributed by atoms with Gasteiger partial charge in [0.25, 0.3) is 0 Å². The van der Waals surface area contributed by atoms with E-state index in [4.69, 9.17) is 0 Å². The van der Waals surface area contributed by atoms with Gasteiger partial charge < -0.3 is 0 Å². The molecule has 1 aromatic carbocycles. The van der Waals surface area contributed by atoms with Crippen molar-refractivity contribution in [3.05, 3.63) is 41.2 Å². The molecule has 2 aromatic rings. The lowest BCUT2D eigenvalue weighted by Crippen LogP contribution is -2.37. The minimum absolute atomic E-state index is 0.152. The molecule has 3 rings (SSSR count). The summed E-state index contributed by atoms with van der Waals surface area (Å²) in [5.74, 6) is 0.0195. The lowest BCUT2D eigenvalue weighted by Gasteiger charge is -2.17. The molecule has 1 aliphatic rings. The van der Waals surface area contributed by atoms with E-state index in [9.17, 15) is 4.79 Å². The number of fused-ring (bicyclic) bond motifs is 2. The number of Topliss-reactive ketones (excluding diaryl/α,β-unsaturated/α-hetero) is 1. The monoisotopic (exact) mass is 269 g/mol. The molecule has 3 nitrogen and oxygen atoms in total. The number of rotatable bonds is 0. The van der Waals surface area contributed by atoms with Crippen LogP contribution in [0.1, 0.15) is 45.0 Å². The van der Waals surface area contributed by atoms with E-state index in [0.717, 1.165) is 28.0 Å². The Kier molecular flexibility index (Phi) is 3.98. The van der Waals surface area contributed by atoms with Gasteiger partial charge >= 0.3 is 0 Å². The first-order valence-electron chi connectivity index (χ1n) is 7.11. The highest BCUT2D eigenvalue weighted by atomic mass is 16.1. The van der Waals surface area contributed by atoms with Crippen molar-refractivity contribution in [2.45, 2.75) is 33.6 Å². The second-order valence-corrected chi connectivity index (χ2v) is 4.84. The summed E-state index contributed by atoms with van der Waals surface area (Å²) in [5.41, 5.74) is 4.75. The Balaban J connectivity index is 0.000000704. The highest BCUT2D eigenvalue weighted by Crippen LogP contribution is 2.28. The van der Waals surface area contributed by atoms with Crippen LogP contribution in [0.15, 0.2) is 29.8 Å². The predicted molar refractivity (Wildman–Crippen MR) is 81.3 cm³/mol. The summed E-state index contributed by atoms with van der Waals surface area (Å²) in [6, 6.07) is 8.01. The molecule has 1 heterocycles. The standard InChI is InChI=1S/C15H15N2O.C2H6/c1-9-8-13-14(10(2)15(9)18)16-11-6-4-5-7-12(11)17(13)3;1-2/h4-8,10H,1-3H3;1-2H3/q+1;. The van der Waals surface area contributed by atoms with Crippen LogP contribution < -0.4 is 4.57 Å². The lowest BCUT2D eigenvalue weighted by atomic mass is 9.89. The maximum absolute atomic E-state index is 12.0. The fourth-order valence-electron chi connectivity index (χ4n) is 2.56. The first-order chi connectivity index (χ1) is 9.59. The van der Waals surface area contributed by atoms with Crippen LogP contribution in [0.2, 0.25) is 0 Å². The molecule has 1 atom stereocenters. The molecule has 1 aliphatic carbocycles. The molecule has 0 fully saturated rings. The highest BCUT2D eigenvalue weighted by Gasteiger charge is 2.31. The van der Waals surface area contributed by atoms with Gasteiger partial charge in [0.2, 0.25) is 11.2 Å². The van der Waals surface area contributed by atoms with Gasteiger partial charge in [-0.15, -0.1) is 0 Å². The summed E-state index contributed by atoms with van der Waals surface area (Å²) in [4.78, 5) is 16.7. The summed E-state index contributed by atoms with van der Waals surface area (Å²) in [7, 11) is 2.02. The third-order valence-electron chi connectivity index (χ3n) is 3.65. The van der Waals surface area contributed by atoms with E-state index in [2.05, 4.69) is 9.55 Å². The topological polar surface area (TPSA) is 33.8 Å². The molecule has 0 saturated heterocycles. The Bertz CT molecular complexity index is 701. The number of allylic oxidation sites excluding steroid dienone is 1. The van der Waals surface area contributed by atoms with Crippen LogP contribution in [0.25, 0.3) is 17.1 Å². The maximum Gasteiger partial charge on any atom is 0.231 e. The zero-order valence-electron chi connectivity index (χ0n) is 12.8. The molecule has 0 spiro atoms. The zero-order chi connectivity index (χ0) is 14.9. The van der Waals surface area contributed by atoms with E-state index in [1.165, 1.54) is 0 Å². The molecule has 0 bridgehead atoms. The molecule has 20 heavy (non-hydrogen) atoms. The van der Waals surface area contributed by atoms with Crippen molar-refractivity contribution in [3.8, 4) is 0 Å². The maximum atomic E-state index is 12.0. The average molecular weight is 269 g/mol. The van der Waals surface area contributed by atoms with Gasteiger partial charge in [-0.1, -0.05) is 26.0 Å². The number of nitrogens with zero attached hydrogens (tertiary/aromatic N) is 2. The first-order valence-corrected chi connectivity index (χ1v) is 7.11. The fraction of sp³-hybridized carbons (Fsp3) is 0.353. The molecule has 0 aliphatic heterocycles. The molecule has 1 unspecified atom stereocenters. The number of hydrogen-bond donors (Lipinski definition) is 0. The van der Waals surface area contributed by atoms with E-state index in [-0.39, 0.29) is 11.7 Å². The van der Waals surface area contributed by atoms with Gasteiger partial charge in [-0.3, -0.25) is 4.79 Å². The van der Waals surface area contributed by atoms with Crippen molar-refractivity contribution in [2.24, 2.45) is 7.05 Å². The van der Waals surface area contributed by atoms with Crippen LogP contribution in [-0.2, 0) is 11.8 Å². The van der Waals surface area contributed by atoms with Crippen LogP contribution in [0.3, 0.4) is 0 Å². The van der Waals surface area contributed by atoms with Crippen LogP contribution >= 0.6 is 0 Å². The van der Waals surface area contributed by atoms with Gasteiger partial charge in [0.15, 0.2) is 5.78 Å². The normalized spacial score (nSPS) is 17.1. The molecule has 1 aromatic heterocycles. The van der Waals surface area contributed by atoms with Gasteiger partial charge in [-0.05, 0) is 25.5 Å². The molecule has 3 heteroatoms. The summed E-state index contributed by atoms with van der Waals surface area (Å²) in [6.07, 6.45) is 1.94. The number of hydrogen-bond acceptors (Lipinski definition) is 2. The van der Waals surface area contributed by atoms with Gasteiger partial charge in [0, 0.05) is 12.1 Å². The van der Waals surface area contributed by atoms with Crippen molar-refractivity contribution in [1.29, 1.82) is 0 Å². The Hall–Kier alpha value is -2.03. The minimum atomic E-state index is -0.152. The zero-order valence-corrected chi connectivity index (χ0v) is 12.8.